The summed E-state index contributed by atoms with van der Waals surface area (Å²) in [6.45, 7) is 6.82. The van der Waals surface area contributed by atoms with E-state index in [2.05, 4.69) is 24.4 Å². The summed E-state index contributed by atoms with van der Waals surface area (Å²) in [6, 6.07) is 17.8. The molecule has 6 nitrogen and oxygen atoms in total. The lowest BCUT2D eigenvalue weighted by Crippen LogP contribution is -2.41. The minimum atomic E-state index is -0.348. The van der Waals surface area contributed by atoms with Crippen molar-refractivity contribution in [3.63, 3.8) is 0 Å². The van der Waals surface area contributed by atoms with Crippen LogP contribution in [-0.4, -0.2) is 44.7 Å². The molecule has 0 bridgehead atoms. The van der Waals surface area contributed by atoms with Crippen LogP contribution in [0, 0.1) is 6.92 Å². The highest BCUT2D eigenvalue weighted by atomic mass is 16.5. The number of rotatable bonds is 3. The molecule has 1 amide bonds. The average molecular weight is 497 g/mol. The van der Waals surface area contributed by atoms with E-state index in [9.17, 15) is 9.59 Å². The maximum Gasteiger partial charge on any atom is 0.337 e. The smallest absolute Gasteiger partial charge is 0.337 e. The van der Waals surface area contributed by atoms with Crippen LogP contribution < -0.4 is 15.0 Å². The van der Waals surface area contributed by atoms with Crippen molar-refractivity contribution < 1.29 is 19.1 Å². The summed E-state index contributed by atoms with van der Waals surface area (Å²) in [6.07, 6.45) is 2.95. The Kier molecular flexibility index (Phi) is 5.80. The molecule has 1 spiro atoms. The van der Waals surface area contributed by atoms with E-state index < -0.39 is 0 Å². The van der Waals surface area contributed by atoms with Gasteiger partial charge in [0.2, 0.25) is 0 Å². The Morgan fingerprint density at radius 1 is 1.03 bits per heavy atom. The first-order valence-corrected chi connectivity index (χ1v) is 13.0. The molecule has 1 fully saturated rings. The molecule has 3 aliphatic rings. The van der Waals surface area contributed by atoms with Gasteiger partial charge in [-0.15, -0.1) is 0 Å². The van der Waals surface area contributed by atoms with Gasteiger partial charge in [-0.3, -0.25) is 4.79 Å². The van der Waals surface area contributed by atoms with Gasteiger partial charge >= 0.3 is 5.97 Å². The fourth-order valence-corrected chi connectivity index (χ4v) is 6.27. The van der Waals surface area contributed by atoms with E-state index in [4.69, 9.17) is 9.47 Å². The van der Waals surface area contributed by atoms with Gasteiger partial charge in [0, 0.05) is 28.3 Å². The van der Waals surface area contributed by atoms with Gasteiger partial charge in [-0.2, -0.15) is 0 Å². The highest BCUT2D eigenvalue weighted by Crippen LogP contribution is 2.49. The van der Waals surface area contributed by atoms with Crippen LogP contribution in [0.25, 0.3) is 11.1 Å². The topological polar surface area (TPSA) is 67.9 Å². The van der Waals surface area contributed by atoms with Crippen molar-refractivity contribution in [1.29, 1.82) is 0 Å². The molecule has 0 aliphatic carbocycles. The Bertz CT molecular complexity index is 1390. The van der Waals surface area contributed by atoms with Gasteiger partial charge in [0.25, 0.3) is 5.91 Å². The summed E-state index contributed by atoms with van der Waals surface area (Å²) >= 11 is 0. The van der Waals surface area contributed by atoms with Crippen molar-refractivity contribution in [3.05, 3.63) is 82.4 Å². The van der Waals surface area contributed by atoms with Crippen LogP contribution in [0.2, 0.25) is 0 Å². The van der Waals surface area contributed by atoms with E-state index >= 15 is 0 Å². The van der Waals surface area contributed by atoms with Crippen molar-refractivity contribution in [2.75, 3.05) is 31.7 Å². The number of hydrogen-bond acceptors (Lipinski definition) is 5. The van der Waals surface area contributed by atoms with Crippen molar-refractivity contribution in [3.8, 4) is 16.9 Å². The summed E-state index contributed by atoms with van der Waals surface area (Å²) in [5.74, 6) is 0.674. The summed E-state index contributed by atoms with van der Waals surface area (Å²) < 4.78 is 11.0. The molecule has 3 aliphatic heterocycles. The minimum absolute atomic E-state index is 0.0220. The maximum atomic E-state index is 13.8. The molecule has 3 aromatic carbocycles. The highest BCUT2D eigenvalue weighted by Gasteiger charge is 2.44. The van der Waals surface area contributed by atoms with Crippen molar-refractivity contribution >= 4 is 17.6 Å². The quantitative estimate of drug-likeness (QED) is 0.514. The van der Waals surface area contributed by atoms with E-state index in [1.807, 2.05) is 48.2 Å². The summed E-state index contributed by atoms with van der Waals surface area (Å²) in [5, 5.41) is 3.46. The molecule has 6 heteroatoms. The van der Waals surface area contributed by atoms with Gasteiger partial charge in [-0.1, -0.05) is 18.2 Å². The number of benzene rings is 3. The Hall–Kier alpha value is -3.64. The first-order chi connectivity index (χ1) is 17.9. The predicted molar refractivity (Wildman–Crippen MR) is 144 cm³/mol. The van der Waals surface area contributed by atoms with Crippen LogP contribution in [0.5, 0.6) is 5.75 Å². The van der Waals surface area contributed by atoms with Gasteiger partial charge < -0.3 is 19.7 Å². The van der Waals surface area contributed by atoms with Gasteiger partial charge in [0.05, 0.1) is 19.3 Å². The highest BCUT2D eigenvalue weighted by molar-refractivity contribution is 6.08. The number of ether oxygens (including phenoxy) is 2. The lowest BCUT2D eigenvalue weighted by atomic mass is 9.74. The summed E-state index contributed by atoms with van der Waals surface area (Å²) in [7, 11) is 1.38. The SMILES string of the molecule is COC(=O)c1ccc(-c2ccc(C(=O)N3c4cc5c(cc4C[C@H]3C)OCC53CCNCC3)cc2)c(C)c1. The van der Waals surface area contributed by atoms with Crippen LogP contribution >= 0.6 is 0 Å². The number of methoxy groups -OCH3 is 1. The van der Waals surface area contributed by atoms with Crippen molar-refractivity contribution in [2.45, 2.75) is 44.6 Å². The van der Waals surface area contributed by atoms with Gasteiger partial charge in [0.1, 0.15) is 5.75 Å². The zero-order valence-electron chi connectivity index (χ0n) is 21.6. The van der Waals surface area contributed by atoms with E-state index in [1.165, 1.54) is 18.2 Å². The summed E-state index contributed by atoms with van der Waals surface area (Å²) in [5.41, 5.74) is 7.73. The molecule has 1 N–H and O–H groups in total. The zero-order valence-corrected chi connectivity index (χ0v) is 21.6. The molecule has 6 rings (SSSR count). The largest absolute Gasteiger partial charge is 0.492 e. The number of hydrogen-bond donors (Lipinski definition) is 1. The van der Waals surface area contributed by atoms with Gasteiger partial charge in [0.15, 0.2) is 0 Å². The Morgan fingerprint density at radius 2 is 1.76 bits per heavy atom. The first kappa shape index (κ1) is 23.7. The molecule has 37 heavy (non-hydrogen) atoms. The number of amides is 1. The number of esters is 1. The number of carbonyl (C=O) groups excluding carboxylic acids is 2. The molecule has 0 radical (unpaired) electrons. The molecular formula is C31H32N2O4. The van der Waals surface area contributed by atoms with Crippen LogP contribution in [0.15, 0.2) is 54.6 Å². The molecule has 3 heterocycles. The first-order valence-electron chi connectivity index (χ1n) is 13.0. The summed E-state index contributed by atoms with van der Waals surface area (Å²) in [4.78, 5) is 27.6. The standard InChI is InChI=1S/C31H32N2O4/c1-19-14-23(30(35)36-3)8-9-25(19)21-4-6-22(7-5-21)29(34)33-20(2)15-24-16-28-26(17-27(24)33)31(18-37-28)10-12-32-13-11-31/h4-9,14,16-17,20,32H,10-13,15,18H2,1-3H3/t20-/m1/s1. The molecule has 1 saturated heterocycles. The minimum Gasteiger partial charge on any atom is -0.492 e. The average Bonchev–Trinajstić information content (AvgIpc) is 3.42. The normalized spacial score (nSPS) is 19.3. The molecule has 1 atom stereocenters. The van der Waals surface area contributed by atoms with Crippen LogP contribution in [0.4, 0.5) is 5.69 Å². The maximum absolute atomic E-state index is 13.8. The number of nitrogens with one attached hydrogen (secondary N) is 1. The molecule has 0 saturated carbocycles. The number of aryl methyl sites for hydroxylation is 1. The second-order valence-electron chi connectivity index (χ2n) is 10.6. The number of fused-ring (bicyclic) bond motifs is 3. The number of carbonyl (C=O) groups is 2. The fourth-order valence-electron chi connectivity index (χ4n) is 6.27. The second-order valence-corrected chi connectivity index (χ2v) is 10.6. The van der Waals surface area contributed by atoms with Crippen LogP contribution in [0.3, 0.4) is 0 Å². The van der Waals surface area contributed by atoms with Crippen LogP contribution in [-0.2, 0) is 16.6 Å². The Labute approximate surface area is 217 Å². The second kappa shape index (κ2) is 9.03. The monoisotopic (exact) mass is 496 g/mol. The number of anilines is 1. The van der Waals surface area contributed by atoms with Gasteiger partial charge in [-0.25, -0.2) is 4.79 Å². The third-order valence-corrected chi connectivity index (χ3v) is 8.34. The van der Waals surface area contributed by atoms with E-state index in [0.717, 1.165) is 67.1 Å². The molecule has 0 unspecified atom stereocenters. The van der Waals surface area contributed by atoms with Crippen molar-refractivity contribution in [2.24, 2.45) is 0 Å². The number of nitrogens with zero attached hydrogens (tertiary/aromatic N) is 1. The number of piperidine rings is 1. The van der Waals surface area contributed by atoms with E-state index in [-0.39, 0.29) is 23.3 Å². The van der Waals surface area contributed by atoms with Gasteiger partial charge in [-0.05, 0) is 105 Å². The third-order valence-electron chi connectivity index (χ3n) is 8.34. The lowest BCUT2D eigenvalue weighted by Gasteiger charge is -2.33. The molecule has 190 valence electrons. The Morgan fingerprint density at radius 3 is 2.46 bits per heavy atom. The van der Waals surface area contributed by atoms with Crippen molar-refractivity contribution in [1.82, 2.24) is 5.32 Å². The zero-order chi connectivity index (χ0) is 25.7. The van der Waals surface area contributed by atoms with E-state index in [0.29, 0.717) is 11.1 Å². The van der Waals surface area contributed by atoms with Crippen LogP contribution in [0.1, 0.15) is 57.2 Å². The van der Waals surface area contributed by atoms with E-state index in [1.54, 1.807) is 6.07 Å². The Balaban J connectivity index is 1.29. The predicted octanol–water partition coefficient (Wildman–Crippen LogP) is 5.05. The lowest BCUT2D eigenvalue weighted by molar-refractivity contribution is 0.0600. The fraction of sp³-hybridized carbons (Fsp3) is 0.355. The molecule has 0 aromatic heterocycles. The third kappa shape index (κ3) is 3.91. The molecule has 3 aromatic rings. The molecular weight excluding hydrogens is 464 g/mol.